The Morgan fingerprint density at radius 2 is 2.05 bits per heavy atom. The van der Waals surface area contributed by atoms with Crippen molar-refractivity contribution in [3.8, 4) is 5.69 Å². The second-order valence-corrected chi connectivity index (χ2v) is 4.21. The molecular formula is C14H14N4O. The molecule has 2 heterocycles. The zero-order valence-corrected chi connectivity index (χ0v) is 10.6. The van der Waals surface area contributed by atoms with Crippen LogP contribution in [-0.4, -0.2) is 21.6 Å². The average molecular weight is 254 g/mol. The lowest BCUT2D eigenvalue weighted by Gasteiger charge is -2.11. The van der Waals surface area contributed by atoms with Gasteiger partial charge in [0, 0.05) is 18.9 Å². The fraction of sp³-hybridized carbons (Fsp3) is 0.143. The van der Waals surface area contributed by atoms with Gasteiger partial charge in [-0.25, -0.2) is 9.97 Å². The number of nitrogens with two attached hydrogens (primary N) is 1. The van der Waals surface area contributed by atoms with Gasteiger partial charge in [0.05, 0.1) is 12.3 Å². The molecule has 0 spiro atoms. The molecule has 96 valence electrons. The maximum Gasteiger partial charge on any atom is 0.207 e. The monoisotopic (exact) mass is 254 g/mol. The molecule has 1 aromatic carbocycles. The van der Waals surface area contributed by atoms with Crippen molar-refractivity contribution in [2.75, 3.05) is 12.8 Å². The van der Waals surface area contributed by atoms with E-state index in [1.165, 1.54) is 0 Å². The van der Waals surface area contributed by atoms with Crippen LogP contribution in [0.25, 0.3) is 16.9 Å². The first kappa shape index (κ1) is 11.7. The van der Waals surface area contributed by atoms with Gasteiger partial charge in [-0.2, -0.15) is 0 Å². The molecule has 19 heavy (non-hydrogen) atoms. The van der Waals surface area contributed by atoms with Crippen molar-refractivity contribution in [3.63, 3.8) is 0 Å². The van der Waals surface area contributed by atoms with Gasteiger partial charge in [0.15, 0.2) is 5.65 Å². The lowest BCUT2D eigenvalue weighted by molar-refractivity contribution is 0.185. The fourth-order valence-corrected chi connectivity index (χ4v) is 2.17. The van der Waals surface area contributed by atoms with E-state index in [4.69, 9.17) is 10.5 Å². The van der Waals surface area contributed by atoms with E-state index < -0.39 is 0 Å². The number of benzene rings is 1. The minimum Gasteiger partial charge on any atom is -0.380 e. The van der Waals surface area contributed by atoms with Gasteiger partial charge in [-0.3, -0.25) is 4.57 Å². The summed E-state index contributed by atoms with van der Waals surface area (Å²) in [6.45, 7) is 0.516. The first-order chi connectivity index (χ1) is 9.31. The van der Waals surface area contributed by atoms with Crippen LogP contribution in [-0.2, 0) is 11.3 Å². The van der Waals surface area contributed by atoms with Crippen molar-refractivity contribution < 1.29 is 4.74 Å². The molecule has 0 aliphatic rings. The standard InChI is InChI=1S/C14H14N4O/c1-19-9-10-5-2-3-7-12(10)18-13-11(17-14(18)15)6-4-8-16-13/h2-8H,9H2,1H3,(H2,15,17). The third kappa shape index (κ3) is 1.94. The highest BCUT2D eigenvalue weighted by atomic mass is 16.5. The van der Waals surface area contributed by atoms with E-state index in [9.17, 15) is 0 Å². The van der Waals surface area contributed by atoms with Gasteiger partial charge >= 0.3 is 0 Å². The molecule has 2 aromatic heterocycles. The predicted molar refractivity (Wildman–Crippen MR) is 74.0 cm³/mol. The molecule has 5 heteroatoms. The Hall–Kier alpha value is -2.40. The lowest BCUT2D eigenvalue weighted by Crippen LogP contribution is -2.05. The second kappa shape index (κ2) is 4.70. The summed E-state index contributed by atoms with van der Waals surface area (Å²) in [6.07, 6.45) is 1.74. The van der Waals surface area contributed by atoms with Crippen LogP contribution < -0.4 is 5.73 Å². The number of nitrogen functional groups attached to an aromatic ring is 1. The normalized spacial score (nSPS) is 11.0. The summed E-state index contributed by atoms with van der Waals surface area (Å²) in [5.74, 6) is 0.428. The van der Waals surface area contributed by atoms with Crippen LogP contribution in [0.15, 0.2) is 42.6 Å². The van der Waals surface area contributed by atoms with Gasteiger partial charge in [-0.15, -0.1) is 0 Å². The molecule has 3 aromatic rings. The molecule has 0 aliphatic heterocycles. The van der Waals surface area contributed by atoms with E-state index in [0.717, 1.165) is 22.4 Å². The number of ether oxygens (including phenoxy) is 1. The molecule has 0 saturated carbocycles. The minimum absolute atomic E-state index is 0.428. The number of nitrogens with zero attached hydrogens (tertiary/aromatic N) is 3. The lowest BCUT2D eigenvalue weighted by atomic mass is 10.2. The Morgan fingerprint density at radius 3 is 2.89 bits per heavy atom. The quantitative estimate of drug-likeness (QED) is 0.777. The topological polar surface area (TPSA) is 66.0 Å². The molecule has 0 amide bonds. The van der Waals surface area contributed by atoms with Crippen molar-refractivity contribution in [3.05, 3.63) is 48.2 Å². The molecule has 0 aliphatic carbocycles. The van der Waals surface area contributed by atoms with Crippen molar-refractivity contribution in [2.24, 2.45) is 0 Å². The highest BCUT2D eigenvalue weighted by molar-refractivity contribution is 5.77. The largest absolute Gasteiger partial charge is 0.380 e. The van der Waals surface area contributed by atoms with E-state index in [2.05, 4.69) is 9.97 Å². The number of hydrogen-bond donors (Lipinski definition) is 1. The summed E-state index contributed by atoms with van der Waals surface area (Å²) in [6, 6.07) is 11.7. The number of aromatic nitrogens is 3. The van der Waals surface area contributed by atoms with Crippen LogP contribution in [0.3, 0.4) is 0 Å². The third-order valence-corrected chi connectivity index (χ3v) is 2.97. The van der Waals surface area contributed by atoms with Crippen LogP contribution in [0.4, 0.5) is 5.95 Å². The SMILES string of the molecule is COCc1ccccc1-n1c(N)nc2cccnc21. The van der Waals surface area contributed by atoms with Crippen molar-refractivity contribution in [2.45, 2.75) is 6.61 Å². The number of anilines is 1. The first-order valence-corrected chi connectivity index (χ1v) is 5.97. The molecule has 0 bridgehead atoms. The van der Waals surface area contributed by atoms with Gasteiger partial charge in [-0.1, -0.05) is 18.2 Å². The summed E-state index contributed by atoms with van der Waals surface area (Å²) in [7, 11) is 1.67. The summed E-state index contributed by atoms with van der Waals surface area (Å²) in [5, 5.41) is 0. The maximum absolute atomic E-state index is 6.02. The molecule has 5 nitrogen and oxygen atoms in total. The fourth-order valence-electron chi connectivity index (χ4n) is 2.17. The van der Waals surface area contributed by atoms with Gasteiger partial charge in [-0.05, 0) is 18.2 Å². The summed E-state index contributed by atoms with van der Waals surface area (Å²) in [5.41, 5.74) is 9.55. The number of fused-ring (bicyclic) bond motifs is 1. The van der Waals surface area contributed by atoms with Crippen molar-refractivity contribution in [1.82, 2.24) is 14.5 Å². The molecule has 0 unspecified atom stereocenters. The predicted octanol–water partition coefficient (Wildman–Crippen LogP) is 2.15. The molecule has 0 fully saturated rings. The Balaban J connectivity index is 2.27. The van der Waals surface area contributed by atoms with Crippen LogP contribution in [0.2, 0.25) is 0 Å². The number of hydrogen-bond acceptors (Lipinski definition) is 4. The Labute approximate surface area is 110 Å². The molecule has 0 saturated heterocycles. The van der Waals surface area contributed by atoms with Crippen LogP contribution in [0.5, 0.6) is 0 Å². The van der Waals surface area contributed by atoms with Crippen molar-refractivity contribution in [1.29, 1.82) is 0 Å². The number of para-hydroxylation sites is 1. The van der Waals surface area contributed by atoms with Gasteiger partial charge in [0.25, 0.3) is 0 Å². The highest BCUT2D eigenvalue weighted by Crippen LogP contribution is 2.24. The van der Waals surface area contributed by atoms with E-state index in [-0.39, 0.29) is 0 Å². The minimum atomic E-state index is 0.428. The van der Waals surface area contributed by atoms with Crippen molar-refractivity contribution >= 4 is 17.1 Å². The van der Waals surface area contributed by atoms with E-state index >= 15 is 0 Å². The number of pyridine rings is 1. The summed E-state index contributed by atoms with van der Waals surface area (Å²) < 4.78 is 7.07. The smallest absolute Gasteiger partial charge is 0.207 e. The Kier molecular flexibility index (Phi) is 2.89. The summed E-state index contributed by atoms with van der Waals surface area (Å²) in [4.78, 5) is 8.69. The zero-order chi connectivity index (χ0) is 13.2. The van der Waals surface area contributed by atoms with E-state index in [1.807, 2.05) is 41.0 Å². The second-order valence-electron chi connectivity index (χ2n) is 4.21. The number of rotatable bonds is 3. The third-order valence-electron chi connectivity index (χ3n) is 2.97. The Bertz CT molecular complexity index is 720. The van der Waals surface area contributed by atoms with Gasteiger partial charge in [0.2, 0.25) is 5.95 Å². The number of imidazole rings is 1. The van der Waals surface area contributed by atoms with Crippen LogP contribution >= 0.6 is 0 Å². The molecule has 3 rings (SSSR count). The van der Waals surface area contributed by atoms with Crippen LogP contribution in [0, 0.1) is 0 Å². The molecular weight excluding hydrogens is 240 g/mol. The number of methoxy groups -OCH3 is 1. The molecule has 0 atom stereocenters. The Morgan fingerprint density at radius 1 is 1.21 bits per heavy atom. The van der Waals surface area contributed by atoms with E-state index in [0.29, 0.717) is 12.6 Å². The highest BCUT2D eigenvalue weighted by Gasteiger charge is 2.13. The zero-order valence-electron chi connectivity index (χ0n) is 10.6. The summed E-state index contributed by atoms with van der Waals surface area (Å²) >= 11 is 0. The van der Waals surface area contributed by atoms with Crippen LogP contribution in [0.1, 0.15) is 5.56 Å². The van der Waals surface area contributed by atoms with E-state index in [1.54, 1.807) is 13.3 Å². The van der Waals surface area contributed by atoms with Gasteiger partial charge in [0.1, 0.15) is 5.52 Å². The van der Waals surface area contributed by atoms with Gasteiger partial charge < -0.3 is 10.5 Å². The molecule has 0 radical (unpaired) electrons. The first-order valence-electron chi connectivity index (χ1n) is 5.97. The molecule has 2 N–H and O–H groups in total. The maximum atomic E-state index is 6.02. The average Bonchev–Trinajstić information content (AvgIpc) is 2.76.